The Kier molecular flexibility index (Phi) is 4.36. The summed E-state index contributed by atoms with van der Waals surface area (Å²) in [6, 6.07) is 9.96. The molecule has 3 heterocycles. The molecule has 4 rings (SSSR count). The predicted octanol–water partition coefficient (Wildman–Crippen LogP) is 4.11. The highest BCUT2D eigenvalue weighted by molar-refractivity contribution is 7.14. The van der Waals surface area contributed by atoms with E-state index in [2.05, 4.69) is 20.1 Å². The molecule has 1 N–H and O–H groups in total. The first kappa shape index (κ1) is 16.6. The lowest BCUT2D eigenvalue weighted by Crippen LogP contribution is -2.17. The molecule has 0 saturated heterocycles. The van der Waals surface area contributed by atoms with E-state index in [0.29, 0.717) is 15.8 Å². The molecule has 1 aromatic carbocycles. The Morgan fingerprint density at radius 2 is 2.04 bits per heavy atom. The molecule has 0 amide bonds. The Morgan fingerprint density at radius 1 is 1.23 bits per heavy atom. The zero-order valence-corrected chi connectivity index (χ0v) is 15.8. The second-order valence-corrected chi connectivity index (χ2v) is 7.69. The van der Waals surface area contributed by atoms with Crippen LogP contribution in [0.5, 0.6) is 0 Å². The van der Waals surface area contributed by atoms with Crippen LogP contribution in [0.25, 0.3) is 16.4 Å². The third kappa shape index (κ3) is 3.04. The summed E-state index contributed by atoms with van der Waals surface area (Å²) in [7, 11) is 0. The molecule has 0 spiro atoms. The van der Waals surface area contributed by atoms with Crippen molar-refractivity contribution in [3.63, 3.8) is 0 Å². The van der Waals surface area contributed by atoms with Crippen LogP contribution in [0.1, 0.15) is 16.1 Å². The number of rotatable bonds is 4. The third-order valence-corrected chi connectivity index (χ3v) is 5.50. The highest BCUT2D eigenvalue weighted by Crippen LogP contribution is 2.28. The van der Waals surface area contributed by atoms with Gasteiger partial charge in [0.2, 0.25) is 10.3 Å². The van der Waals surface area contributed by atoms with Crippen molar-refractivity contribution in [1.29, 1.82) is 0 Å². The van der Waals surface area contributed by atoms with Crippen LogP contribution < -0.4 is 5.56 Å². The van der Waals surface area contributed by atoms with E-state index >= 15 is 0 Å². The molecule has 0 aliphatic heterocycles. The second-order valence-electron chi connectivity index (χ2n) is 5.63. The molecule has 0 fully saturated rings. The third-order valence-electron chi connectivity index (χ3n) is 3.86. The maximum absolute atomic E-state index is 12.8. The van der Waals surface area contributed by atoms with E-state index in [1.54, 1.807) is 12.4 Å². The van der Waals surface area contributed by atoms with E-state index in [9.17, 15) is 4.79 Å². The normalized spacial score (nSPS) is 11.5. The molecular weight excluding hydrogens is 366 g/mol. The van der Waals surface area contributed by atoms with Gasteiger partial charge in [0.1, 0.15) is 0 Å². The highest BCUT2D eigenvalue weighted by atomic mass is 32.1. The first-order valence-electron chi connectivity index (χ1n) is 7.92. The monoisotopic (exact) mass is 381 g/mol. The highest BCUT2D eigenvalue weighted by Gasteiger charge is 2.16. The molecule has 0 aliphatic carbocycles. The first-order chi connectivity index (χ1) is 12.6. The average molecular weight is 381 g/mol. The number of nitrogens with zero attached hydrogens (tertiary/aromatic N) is 4. The fourth-order valence-electron chi connectivity index (χ4n) is 2.59. The smallest absolute Gasteiger partial charge is 0.282 e. The number of hydrogen-bond acceptors (Lipinski definition) is 6. The van der Waals surface area contributed by atoms with Gasteiger partial charge < -0.3 is 0 Å². The SMILES string of the molecule is Cc1[nH]n(-c2nc(-c3ccccc3)c(C)s2)c(=O)c1C=Nc1nccs1. The molecule has 26 heavy (non-hydrogen) atoms. The molecule has 0 atom stereocenters. The van der Waals surface area contributed by atoms with Crippen molar-refractivity contribution in [2.75, 3.05) is 0 Å². The summed E-state index contributed by atoms with van der Waals surface area (Å²) in [5, 5.41) is 6.17. The van der Waals surface area contributed by atoms with Gasteiger partial charge in [-0.2, -0.15) is 4.68 Å². The van der Waals surface area contributed by atoms with E-state index < -0.39 is 0 Å². The fraction of sp³-hybridized carbons (Fsp3) is 0.111. The second kappa shape index (κ2) is 6.81. The van der Waals surface area contributed by atoms with E-state index in [-0.39, 0.29) is 5.56 Å². The molecule has 0 bridgehead atoms. The van der Waals surface area contributed by atoms with Crippen LogP contribution in [0, 0.1) is 13.8 Å². The molecule has 3 aromatic heterocycles. The Bertz CT molecular complexity index is 1120. The largest absolute Gasteiger partial charge is 0.293 e. The van der Waals surface area contributed by atoms with Crippen molar-refractivity contribution in [2.24, 2.45) is 4.99 Å². The van der Waals surface area contributed by atoms with Crippen LogP contribution in [0.2, 0.25) is 0 Å². The lowest BCUT2D eigenvalue weighted by molar-refractivity contribution is 0.827. The number of aromatic nitrogens is 4. The minimum Gasteiger partial charge on any atom is -0.293 e. The molecule has 130 valence electrons. The topological polar surface area (TPSA) is 75.9 Å². The lowest BCUT2D eigenvalue weighted by atomic mass is 10.1. The van der Waals surface area contributed by atoms with E-state index in [1.165, 1.54) is 27.4 Å². The average Bonchev–Trinajstić information content (AvgIpc) is 3.35. The number of hydrogen-bond donors (Lipinski definition) is 1. The summed E-state index contributed by atoms with van der Waals surface area (Å²) >= 11 is 2.90. The molecule has 0 saturated carbocycles. The van der Waals surface area contributed by atoms with Gasteiger partial charge in [-0.15, -0.1) is 11.3 Å². The van der Waals surface area contributed by atoms with Crippen molar-refractivity contribution in [2.45, 2.75) is 13.8 Å². The van der Waals surface area contributed by atoms with Gasteiger partial charge in [-0.25, -0.2) is 15.0 Å². The van der Waals surface area contributed by atoms with Gasteiger partial charge in [-0.1, -0.05) is 41.7 Å². The Labute approximate surface area is 157 Å². The van der Waals surface area contributed by atoms with E-state index in [0.717, 1.165) is 21.8 Å². The minimum absolute atomic E-state index is 0.170. The number of aliphatic imine (C=N–C) groups is 1. The van der Waals surface area contributed by atoms with Gasteiger partial charge in [-0.3, -0.25) is 9.89 Å². The van der Waals surface area contributed by atoms with Gasteiger partial charge in [0.15, 0.2) is 0 Å². The predicted molar refractivity (Wildman–Crippen MR) is 106 cm³/mol. The van der Waals surface area contributed by atoms with Gasteiger partial charge in [0.05, 0.1) is 11.3 Å². The molecular formula is C18H15N5OS2. The van der Waals surface area contributed by atoms with E-state index in [1.807, 2.05) is 49.6 Å². The maximum atomic E-state index is 12.8. The van der Waals surface area contributed by atoms with Gasteiger partial charge in [-0.05, 0) is 13.8 Å². The van der Waals surface area contributed by atoms with Gasteiger partial charge >= 0.3 is 0 Å². The zero-order chi connectivity index (χ0) is 18.1. The summed E-state index contributed by atoms with van der Waals surface area (Å²) in [5.74, 6) is 0. The lowest BCUT2D eigenvalue weighted by Gasteiger charge is -1.97. The van der Waals surface area contributed by atoms with Crippen molar-refractivity contribution in [3.05, 3.63) is 68.4 Å². The molecule has 0 aliphatic rings. The van der Waals surface area contributed by atoms with Crippen LogP contribution in [0.3, 0.4) is 0 Å². The van der Waals surface area contributed by atoms with Crippen molar-refractivity contribution >= 4 is 34.0 Å². The number of aromatic amines is 1. The number of thiazole rings is 2. The van der Waals surface area contributed by atoms with Crippen molar-refractivity contribution < 1.29 is 0 Å². The van der Waals surface area contributed by atoms with Crippen LogP contribution in [-0.2, 0) is 0 Å². The molecule has 6 nitrogen and oxygen atoms in total. The number of benzene rings is 1. The summed E-state index contributed by atoms with van der Waals surface area (Å²) in [6.07, 6.45) is 3.24. The van der Waals surface area contributed by atoms with Gasteiger partial charge in [0.25, 0.3) is 5.56 Å². The Hall–Kier alpha value is -2.84. The quantitative estimate of drug-likeness (QED) is 0.541. The number of nitrogens with one attached hydrogen (secondary N) is 1. The van der Waals surface area contributed by atoms with Crippen LogP contribution in [0.15, 0.2) is 51.7 Å². The molecule has 0 radical (unpaired) electrons. The van der Waals surface area contributed by atoms with Crippen LogP contribution in [0.4, 0.5) is 5.13 Å². The number of aryl methyl sites for hydroxylation is 2. The Morgan fingerprint density at radius 3 is 2.77 bits per heavy atom. The summed E-state index contributed by atoms with van der Waals surface area (Å²) in [5.41, 5.74) is 3.01. The van der Waals surface area contributed by atoms with Crippen molar-refractivity contribution in [3.8, 4) is 16.4 Å². The zero-order valence-electron chi connectivity index (χ0n) is 14.1. The maximum Gasteiger partial charge on any atom is 0.282 e. The summed E-state index contributed by atoms with van der Waals surface area (Å²) in [6.45, 7) is 3.86. The van der Waals surface area contributed by atoms with Crippen LogP contribution >= 0.6 is 22.7 Å². The molecule has 8 heteroatoms. The standard InChI is InChI=1S/C18H15N5OS2/c1-11-14(10-20-17-19-8-9-25-17)16(24)23(22-11)18-21-15(12(2)26-18)13-6-4-3-5-7-13/h3-10,22H,1-2H3. The van der Waals surface area contributed by atoms with Crippen molar-refractivity contribution in [1.82, 2.24) is 19.7 Å². The fourth-order valence-corrected chi connectivity index (χ4v) is 3.96. The number of H-pyrrole nitrogens is 1. The minimum atomic E-state index is -0.170. The molecule has 0 unspecified atom stereocenters. The van der Waals surface area contributed by atoms with Crippen LogP contribution in [-0.4, -0.2) is 26.0 Å². The van der Waals surface area contributed by atoms with E-state index in [4.69, 9.17) is 0 Å². The summed E-state index contributed by atoms with van der Waals surface area (Å²) < 4.78 is 1.47. The first-order valence-corrected chi connectivity index (χ1v) is 9.61. The molecule has 4 aromatic rings. The van der Waals surface area contributed by atoms with Gasteiger partial charge in [0, 0.05) is 33.9 Å². The Balaban J connectivity index is 1.74. The summed E-state index contributed by atoms with van der Waals surface area (Å²) in [4.78, 5) is 26.9.